The minimum Gasteiger partial charge on any atom is -0.310 e. The minimum absolute atomic E-state index is 0.179. The van der Waals surface area contributed by atoms with Crippen molar-refractivity contribution in [1.82, 2.24) is 20.2 Å². The van der Waals surface area contributed by atoms with Crippen LogP contribution in [0.25, 0.3) is 11.4 Å². The first-order chi connectivity index (χ1) is 12.0. The molecule has 3 rings (SSSR count). The van der Waals surface area contributed by atoms with Crippen molar-refractivity contribution in [1.29, 1.82) is 0 Å². The van der Waals surface area contributed by atoms with Crippen molar-refractivity contribution in [2.24, 2.45) is 0 Å². The van der Waals surface area contributed by atoms with Crippen molar-refractivity contribution in [3.8, 4) is 11.4 Å². The van der Waals surface area contributed by atoms with Gasteiger partial charge in [0.1, 0.15) is 5.82 Å². The largest absolute Gasteiger partial charge is 0.310 e. The Balaban J connectivity index is 1.62. The normalized spacial score (nSPS) is 12.0. The second-order valence-corrected chi connectivity index (χ2v) is 7.19. The number of nitrogens with zero attached hydrogens (tertiary/aromatic N) is 3. The van der Waals surface area contributed by atoms with Crippen LogP contribution in [0.15, 0.2) is 47.8 Å². The number of thioether (sulfide) groups is 1. The van der Waals surface area contributed by atoms with Crippen molar-refractivity contribution in [3.63, 3.8) is 0 Å². The fraction of sp³-hybridized carbons (Fsp3) is 0.176. The Morgan fingerprint density at radius 3 is 2.68 bits per heavy atom. The molecule has 1 atom stereocenters. The molecule has 6 nitrogen and oxygen atoms in total. The summed E-state index contributed by atoms with van der Waals surface area (Å²) in [6.45, 7) is 3.82. The molecule has 2 heterocycles. The Morgan fingerprint density at radius 1 is 1.24 bits per heavy atom. The molecule has 1 amide bonds. The fourth-order valence-electron chi connectivity index (χ4n) is 2.03. The van der Waals surface area contributed by atoms with Gasteiger partial charge in [-0.15, -0.1) is 5.10 Å². The van der Waals surface area contributed by atoms with E-state index in [0.717, 1.165) is 5.56 Å². The second kappa shape index (κ2) is 7.67. The lowest BCUT2D eigenvalue weighted by Crippen LogP contribution is -2.23. The highest BCUT2D eigenvalue weighted by atomic mass is 35.5. The van der Waals surface area contributed by atoms with Crippen LogP contribution in [-0.2, 0) is 4.79 Å². The van der Waals surface area contributed by atoms with Crippen LogP contribution in [0.5, 0.6) is 0 Å². The summed E-state index contributed by atoms with van der Waals surface area (Å²) in [5.74, 6) is 0.952. The molecule has 1 aromatic carbocycles. The van der Waals surface area contributed by atoms with Crippen LogP contribution in [0, 0.1) is 6.92 Å². The van der Waals surface area contributed by atoms with E-state index in [9.17, 15) is 4.79 Å². The molecule has 128 valence electrons. The van der Waals surface area contributed by atoms with Crippen molar-refractivity contribution >= 4 is 35.1 Å². The molecular formula is C17H16ClN5OS. The predicted molar refractivity (Wildman–Crippen MR) is 99.8 cm³/mol. The number of halogens is 1. The van der Waals surface area contributed by atoms with Crippen LogP contribution in [0.1, 0.15) is 12.5 Å². The average Bonchev–Trinajstić information content (AvgIpc) is 3.06. The molecule has 0 radical (unpaired) electrons. The highest BCUT2D eigenvalue weighted by Crippen LogP contribution is 2.23. The Bertz CT molecular complexity index is 864. The Kier molecular flexibility index (Phi) is 5.35. The van der Waals surface area contributed by atoms with Gasteiger partial charge in [0.2, 0.25) is 11.1 Å². The molecule has 0 fully saturated rings. The summed E-state index contributed by atoms with van der Waals surface area (Å²) in [5, 5.41) is 10.5. The van der Waals surface area contributed by atoms with Gasteiger partial charge in [-0.05, 0) is 26.0 Å². The van der Waals surface area contributed by atoms with Gasteiger partial charge in [0.15, 0.2) is 5.82 Å². The maximum Gasteiger partial charge on any atom is 0.238 e. The van der Waals surface area contributed by atoms with Crippen molar-refractivity contribution in [2.45, 2.75) is 24.3 Å². The van der Waals surface area contributed by atoms with E-state index in [4.69, 9.17) is 11.6 Å². The van der Waals surface area contributed by atoms with Crippen LogP contribution < -0.4 is 5.32 Å². The van der Waals surface area contributed by atoms with E-state index in [0.29, 0.717) is 21.8 Å². The number of nitrogens with one attached hydrogen (secondary N) is 2. The lowest BCUT2D eigenvalue weighted by molar-refractivity contribution is -0.115. The van der Waals surface area contributed by atoms with E-state index >= 15 is 0 Å². The number of amides is 1. The van der Waals surface area contributed by atoms with Crippen molar-refractivity contribution in [3.05, 3.63) is 53.2 Å². The fourth-order valence-corrected chi connectivity index (χ4v) is 2.87. The van der Waals surface area contributed by atoms with Gasteiger partial charge in [-0.2, -0.15) is 0 Å². The zero-order valence-corrected chi connectivity index (χ0v) is 15.2. The van der Waals surface area contributed by atoms with E-state index in [-0.39, 0.29) is 11.2 Å². The number of benzene rings is 1. The number of rotatable bonds is 5. The van der Waals surface area contributed by atoms with Gasteiger partial charge >= 0.3 is 0 Å². The number of pyridine rings is 1. The number of hydrogen-bond donors (Lipinski definition) is 2. The molecule has 3 aromatic rings. The number of anilines is 1. The number of H-pyrrole nitrogens is 1. The van der Waals surface area contributed by atoms with Crippen LogP contribution >= 0.6 is 23.4 Å². The van der Waals surface area contributed by atoms with Crippen LogP contribution in [-0.4, -0.2) is 31.3 Å². The number of aromatic nitrogens is 4. The smallest absolute Gasteiger partial charge is 0.238 e. The molecule has 2 aromatic heterocycles. The average molecular weight is 374 g/mol. The second-order valence-electron chi connectivity index (χ2n) is 5.44. The van der Waals surface area contributed by atoms with Crippen molar-refractivity contribution < 1.29 is 4.79 Å². The molecule has 0 saturated carbocycles. The van der Waals surface area contributed by atoms with E-state index in [1.54, 1.807) is 19.1 Å². The third-order valence-corrected chi connectivity index (χ3v) is 4.60. The third kappa shape index (κ3) is 4.58. The highest BCUT2D eigenvalue weighted by molar-refractivity contribution is 8.00. The minimum atomic E-state index is -0.376. The van der Waals surface area contributed by atoms with E-state index in [1.807, 2.05) is 31.2 Å². The highest BCUT2D eigenvalue weighted by Gasteiger charge is 2.18. The van der Waals surface area contributed by atoms with Gasteiger partial charge in [0.05, 0.1) is 10.3 Å². The molecule has 2 N–H and O–H groups in total. The molecule has 0 saturated heterocycles. The van der Waals surface area contributed by atoms with Gasteiger partial charge < -0.3 is 5.32 Å². The Morgan fingerprint density at radius 2 is 2.00 bits per heavy atom. The quantitative estimate of drug-likeness (QED) is 0.661. The monoisotopic (exact) mass is 373 g/mol. The number of aromatic amines is 1. The zero-order valence-electron chi connectivity index (χ0n) is 13.7. The first-order valence-electron chi connectivity index (χ1n) is 7.60. The van der Waals surface area contributed by atoms with E-state index in [1.165, 1.54) is 23.5 Å². The summed E-state index contributed by atoms with van der Waals surface area (Å²) in [6.07, 6.45) is 1.48. The molecule has 25 heavy (non-hydrogen) atoms. The number of carbonyl (C=O) groups is 1. The molecule has 0 aliphatic carbocycles. The standard InChI is InChI=1S/C17H16ClN5OS/c1-10-3-5-12(6-4-10)15-21-17(23-22-15)25-11(2)16(24)20-14-8-7-13(18)9-19-14/h3-9,11H,1-2H3,(H,19,20,24)(H,21,22,23)/t11-/m0/s1. The van der Waals surface area contributed by atoms with Crippen LogP contribution in [0.4, 0.5) is 5.82 Å². The Hall–Kier alpha value is -2.38. The topological polar surface area (TPSA) is 83.6 Å². The lowest BCUT2D eigenvalue weighted by Gasteiger charge is -2.09. The molecule has 0 aliphatic rings. The number of carbonyl (C=O) groups excluding carboxylic acids is 1. The third-order valence-electron chi connectivity index (χ3n) is 3.42. The number of hydrogen-bond acceptors (Lipinski definition) is 5. The predicted octanol–water partition coefficient (Wildman–Crippen LogP) is 3.95. The van der Waals surface area contributed by atoms with Crippen molar-refractivity contribution in [2.75, 3.05) is 5.32 Å². The van der Waals surface area contributed by atoms with Gasteiger partial charge in [-0.3, -0.25) is 9.89 Å². The van der Waals surface area contributed by atoms with Crippen LogP contribution in [0.2, 0.25) is 5.02 Å². The summed E-state index contributed by atoms with van der Waals surface area (Å²) in [4.78, 5) is 20.7. The number of aryl methyl sites for hydroxylation is 1. The first-order valence-corrected chi connectivity index (χ1v) is 8.85. The maximum atomic E-state index is 12.2. The lowest BCUT2D eigenvalue weighted by atomic mass is 10.1. The summed E-state index contributed by atoms with van der Waals surface area (Å²) >= 11 is 7.05. The molecule has 0 unspecified atom stereocenters. The SMILES string of the molecule is Cc1ccc(-c2nc(S[C@@H](C)C(=O)Nc3ccc(Cl)cn3)n[nH]2)cc1. The summed E-state index contributed by atoms with van der Waals surface area (Å²) < 4.78 is 0. The summed E-state index contributed by atoms with van der Waals surface area (Å²) in [6, 6.07) is 11.3. The molecule has 0 spiro atoms. The molecule has 0 aliphatic heterocycles. The van der Waals surface area contributed by atoms with Gasteiger partial charge in [-0.25, -0.2) is 9.97 Å². The van der Waals surface area contributed by atoms with Gasteiger partial charge in [0.25, 0.3) is 0 Å². The Labute approximate surface area is 154 Å². The molecular weight excluding hydrogens is 358 g/mol. The zero-order chi connectivity index (χ0) is 17.8. The van der Waals surface area contributed by atoms with Gasteiger partial charge in [0, 0.05) is 11.8 Å². The first kappa shape index (κ1) is 17.4. The molecule has 8 heteroatoms. The van der Waals surface area contributed by atoms with E-state index in [2.05, 4.69) is 25.5 Å². The van der Waals surface area contributed by atoms with E-state index < -0.39 is 0 Å². The summed E-state index contributed by atoms with van der Waals surface area (Å²) in [5.41, 5.74) is 2.13. The summed E-state index contributed by atoms with van der Waals surface area (Å²) in [7, 11) is 0. The maximum absolute atomic E-state index is 12.2. The molecule has 0 bridgehead atoms. The van der Waals surface area contributed by atoms with Gasteiger partial charge in [-0.1, -0.05) is 53.2 Å². The van der Waals surface area contributed by atoms with Crippen LogP contribution in [0.3, 0.4) is 0 Å².